The fraction of sp³-hybridized carbons (Fsp3) is 0. The zero-order valence-corrected chi connectivity index (χ0v) is 17.8. The number of hydrogen-bond donors (Lipinski definition) is 3. The van der Waals surface area contributed by atoms with Gasteiger partial charge in [-0.3, -0.25) is 0 Å². The van der Waals surface area contributed by atoms with Gasteiger partial charge in [0.05, 0.1) is 22.1 Å². The summed E-state index contributed by atoms with van der Waals surface area (Å²) in [6.07, 6.45) is 1.37. The van der Waals surface area contributed by atoms with Gasteiger partial charge in [0.2, 0.25) is 9.84 Å². The number of nitrogen functional groups attached to an aromatic ring is 1. The Labute approximate surface area is 188 Å². The number of phenols is 2. The van der Waals surface area contributed by atoms with Gasteiger partial charge < -0.3 is 15.9 Å². The Bertz CT molecular complexity index is 1660. The predicted octanol–water partition coefficient (Wildman–Crippen LogP) is 3.29. The quantitative estimate of drug-likeness (QED) is 0.276. The average molecular weight is 459 g/mol. The molecule has 0 aliphatic carbocycles. The van der Waals surface area contributed by atoms with Crippen LogP contribution in [-0.4, -0.2) is 39.5 Å². The molecule has 5 rings (SSSR count). The highest BCUT2D eigenvalue weighted by molar-refractivity contribution is 7.92. The van der Waals surface area contributed by atoms with Crippen LogP contribution in [0.5, 0.6) is 11.5 Å². The van der Waals surface area contributed by atoms with Crippen molar-refractivity contribution in [1.82, 2.24) is 14.6 Å². The largest absolute Gasteiger partial charge is 0.504 e. The minimum atomic E-state index is -4.03. The minimum absolute atomic E-state index is 0.0677. The van der Waals surface area contributed by atoms with Crippen molar-refractivity contribution >= 4 is 44.1 Å². The van der Waals surface area contributed by atoms with Crippen LogP contribution in [-0.2, 0) is 9.84 Å². The van der Waals surface area contributed by atoms with Crippen molar-refractivity contribution in [1.29, 1.82) is 0 Å². The summed E-state index contributed by atoms with van der Waals surface area (Å²) in [5.74, 6) is -0.738. The molecule has 2 aromatic heterocycles. The lowest BCUT2D eigenvalue weighted by Crippen LogP contribution is -2.06. The van der Waals surface area contributed by atoms with Gasteiger partial charge in [-0.15, -0.1) is 0 Å². The Morgan fingerprint density at radius 3 is 2.24 bits per heavy atom. The van der Waals surface area contributed by atoms with Crippen LogP contribution >= 0.6 is 0 Å². The summed E-state index contributed by atoms with van der Waals surface area (Å²) < 4.78 is 28.2. The van der Waals surface area contributed by atoms with Gasteiger partial charge in [-0.1, -0.05) is 30.3 Å². The van der Waals surface area contributed by atoms with Crippen LogP contribution in [0.3, 0.4) is 0 Å². The number of benzene rings is 3. The number of nitrogens with zero attached hydrogens (tertiary/aromatic N) is 4. The lowest BCUT2D eigenvalue weighted by atomic mass is 10.2. The number of nitrogens with two attached hydrogens (primary N) is 1. The highest BCUT2D eigenvalue weighted by Gasteiger charge is 2.30. The van der Waals surface area contributed by atoms with E-state index in [2.05, 4.69) is 15.1 Å². The van der Waals surface area contributed by atoms with Crippen molar-refractivity contribution in [2.24, 2.45) is 5.10 Å². The first kappa shape index (κ1) is 20.5. The molecular weight excluding hydrogens is 442 g/mol. The van der Waals surface area contributed by atoms with Crippen molar-refractivity contribution in [3.05, 3.63) is 78.4 Å². The molecule has 0 aliphatic heterocycles. The Balaban J connectivity index is 1.79. The number of aromatic hydroxyl groups is 2. The summed E-state index contributed by atoms with van der Waals surface area (Å²) in [6, 6.07) is 19.1. The van der Waals surface area contributed by atoms with Crippen LogP contribution in [0.2, 0.25) is 0 Å². The molecule has 2 heterocycles. The predicted molar refractivity (Wildman–Crippen MR) is 124 cm³/mol. The standard InChI is InChI=1S/C23H17N5O4S/c24-22-21(33(31,32)15-6-2-1-3-7-15)20-23(27-17-9-5-4-8-16(17)26-20)28(22)25-13-14-10-11-18(29)19(30)12-14/h1-13,29-30H,24H2/b25-13-. The smallest absolute Gasteiger partial charge is 0.212 e. The second-order valence-electron chi connectivity index (χ2n) is 7.22. The summed E-state index contributed by atoms with van der Waals surface area (Å²) in [5, 5.41) is 23.6. The van der Waals surface area contributed by atoms with Crippen molar-refractivity contribution in [3.63, 3.8) is 0 Å². The Morgan fingerprint density at radius 2 is 1.55 bits per heavy atom. The Hall–Kier alpha value is -4.44. The van der Waals surface area contributed by atoms with E-state index in [0.717, 1.165) is 0 Å². The number of aromatic nitrogens is 3. The number of rotatable bonds is 4. The SMILES string of the molecule is Nc1c(S(=O)(=O)c2ccccc2)c2nc3ccccc3nc2n1/N=C\c1ccc(O)c(O)c1. The number of fused-ring (bicyclic) bond motifs is 2. The first-order valence-corrected chi connectivity index (χ1v) is 11.3. The van der Waals surface area contributed by atoms with Gasteiger partial charge in [-0.2, -0.15) is 9.78 Å². The van der Waals surface area contributed by atoms with Gasteiger partial charge in [0.25, 0.3) is 0 Å². The van der Waals surface area contributed by atoms with Crippen molar-refractivity contribution in [2.45, 2.75) is 9.79 Å². The average Bonchev–Trinajstić information content (AvgIpc) is 3.09. The molecule has 0 spiro atoms. The maximum atomic E-state index is 13.5. The number of hydrogen-bond acceptors (Lipinski definition) is 8. The molecule has 0 aliphatic rings. The van der Waals surface area contributed by atoms with E-state index >= 15 is 0 Å². The van der Waals surface area contributed by atoms with Crippen LogP contribution in [0.1, 0.15) is 5.56 Å². The van der Waals surface area contributed by atoms with Gasteiger partial charge in [0, 0.05) is 0 Å². The first-order chi connectivity index (χ1) is 15.9. The van der Waals surface area contributed by atoms with Crippen LogP contribution in [0.25, 0.3) is 22.2 Å². The summed E-state index contributed by atoms with van der Waals surface area (Å²) in [4.78, 5) is 8.99. The van der Waals surface area contributed by atoms with Crippen molar-refractivity contribution in [3.8, 4) is 11.5 Å². The molecule has 9 nitrogen and oxygen atoms in total. The molecule has 0 atom stereocenters. The Kier molecular flexibility index (Phi) is 4.72. The third kappa shape index (κ3) is 3.42. The molecule has 33 heavy (non-hydrogen) atoms. The Morgan fingerprint density at radius 1 is 0.879 bits per heavy atom. The molecule has 0 saturated carbocycles. The van der Waals surface area contributed by atoms with Crippen LogP contribution in [0.15, 0.2) is 87.7 Å². The molecule has 0 saturated heterocycles. The maximum absolute atomic E-state index is 13.5. The van der Waals surface area contributed by atoms with Crippen molar-refractivity contribution in [2.75, 3.05) is 5.73 Å². The fourth-order valence-corrected chi connectivity index (χ4v) is 4.97. The summed E-state index contributed by atoms with van der Waals surface area (Å²) >= 11 is 0. The molecule has 0 unspecified atom stereocenters. The van der Waals surface area contributed by atoms with Gasteiger partial charge in [-0.05, 0) is 48.0 Å². The van der Waals surface area contributed by atoms with Crippen molar-refractivity contribution < 1.29 is 18.6 Å². The first-order valence-electron chi connectivity index (χ1n) is 9.79. The van der Waals surface area contributed by atoms with Crippen LogP contribution in [0, 0.1) is 0 Å². The van der Waals surface area contributed by atoms with E-state index < -0.39 is 9.84 Å². The van der Waals surface area contributed by atoms with Crippen LogP contribution < -0.4 is 5.73 Å². The second-order valence-corrected chi connectivity index (χ2v) is 9.11. The molecule has 3 aromatic carbocycles. The van der Waals surface area contributed by atoms with E-state index in [1.807, 2.05) is 0 Å². The van der Waals surface area contributed by atoms with E-state index in [4.69, 9.17) is 5.73 Å². The zero-order chi connectivity index (χ0) is 23.2. The van der Waals surface area contributed by atoms with E-state index in [0.29, 0.717) is 16.6 Å². The monoisotopic (exact) mass is 459 g/mol. The molecule has 0 radical (unpaired) electrons. The molecule has 10 heteroatoms. The molecule has 0 fully saturated rings. The normalized spacial score (nSPS) is 12.1. The number of sulfone groups is 1. The van der Waals surface area contributed by atoms with E-state index in [1.54, 1.807) is 42.5 Å². The lowest BCUT2D eigenvalue weighted by molar-refractivity contribution is 0.403. The second kappa shape index (κ2) is 7.61. The molecule has 5 aromatic rings. The molecule has 0 amide bonds. The number of para-hydroxylation sites is 2. The molecule has 0 bridgehead atoms. The molecule has 4 N–H and O–H groups in total. The number of anilines is 1. The van der Waals surface area contributed by atoms with E-state index in [1.165, 1.54) is 41.2 Å². The highest BCUT2D eigenvalue weighted by atomic mass is 32.2. The van der Waals surface area contributed by atoms with Crippen LogP contribution in [0.4, 0.5) is 5.82 Å². The molecular formula is C23H17N5O4S. The van der Waals surface area contributed by atoms with Gasteiger partial charge in [0.1, 0.15) is 16.2 Å². The third-order valence-electron chi connectivity index (χ3n) is 5.07. The van der Waals surface area contributed by atoms with E-state index in [9.17, 15) is 18.6 Å². The summed E-state index contributed by atoms with van der Waals surface area (Å²) in [7, 11) is -4.03. The fourth-order valence-electron chi connectivity index (χ4n) is 3.47. The van der Waals surface area contributed by atoms with Gasteiger partial charge in [0.15, 0.2) is 17.1 Å². The maximum Gasteiger partial charge on any atom is 0.212 e. The van der Waals surface area contributed by atoms with Gasteiger partial charge in [-0.25, -0.2) is 18.4 Å². The number of phenolic OH excluding ortho intramolecular Hbond substituents is 2. The topological polar surface area (TPSA) is 144 Å². The lowest BCUT2D eigenvalue weighted by Gasteiger charge is -2.04. The minimum Gasteiger partial charge on any atom is -0.504 e. The zero-order valence-electron chi connectivity index (χ0n) is 17.0. The third-order valence-corrected chi connectivity index (χ3v) is 6.91. The van der Waals surface area contributed by atoms with Gasteiger partial charge >= 0.3 is 0 Å². The highest BCUT2D eigenvalue weighted by Crippen LogP contribution is 2.35. The van der Waals surface area contributed by atoms with E-state index in [-0.39, 0.29) is 38.3 Å². The summed E-state index contributed by atoms with van der Waals surface area (Å²) in [6.45, 7) is 0. The molecule has 164 valence electrons. The summed E-state index contributed by atoms with van der Waals surface area (Å²) in [5.41, 5.74) is 8.10.